The molecule has 0 aliphatic heterocycles. The van der Waals surface area contributed by atoms with E-state index in [9.17, 15) is 4.79 Å². The monoisotopic (exact) mass is 183 g/mol. The van der Waals surface area contributed by atoms with E-state index in [1.54, 1.807) is 20.8 Å². The van der Waals surface area contributed by atoms with Gasteiger partial charge in [-0.25, -0.2) is 0 Å². The molecule has 0 rings (SSSR count). The molecule has 0 aromatic rings. The van der Waals surface area contributed by atoms with Crippen LogP contribution in [0.15, 0.2) is 0 Å². The third-order valence-corrected chi connectivity index (χ3v) is 1.77. The van der Waals surface area contributed by atoms with Gasteiger partial charge in [-0.2, -0.15) is 0 Å². The minimum Gasteiger partial charge on any atom is -0.369 e. The SMILES string of the molecule is CC#CCCNC(=O)C(C)(C)OC. The largest absolute Gasteiger partial charge is 0.369 e. The lowest BCUT2D eigenvalue weighted by atomic mass is 10.1. The van der Waals surface area contributed by atoms with E-state index in [4.69, 9.17) is 4.74 Å². The van der Waals surface area contributed by atoms with Crippen molar-refractivity contribution in [3.05, 3.63) is 0 Å². The van der Waals surface area contributed by atoms with Crippen LogP contribution in [-0.2, 0) is 9.53 Å². The van der Waals surface area contributed by atoms with Crippen LogP contribution >= 0.6 is 0 Å². The van der Waals surface area contributed by atoms with E-state index >= 15 is 0 Å². The lowest BCUT2D eigenvalue weighted by Crippen LogP contribution is -2.43. The maximum Gasteiger partial charge on any atom is 0.251 e. The maximum atomic E-state index is 11.4. The molecule has 0 unspecified atom stereocenters. The summed E-state index contributed by atoms with van der Waals surface area (Å²) in [5.41, 5.74) is -0.750. The summed E-state index contributed by atoms with van der Waals surface area (Å²) in [6, 6.07) is 0. The second-order valence-corrected chi connectivity index (χ2v) is 3.15. The van der Waals surface area contributed by atoms with Crippen LogP contribution < -0.4 is 5.32 Å². The molecular weight excluding hydrogens is 166 g/mol. The third-order valence-electron chi connectivity index (χ3n) is 1.77. The molecule has 0 aromatic carbocycles. The van der Waals surface area contributed by atoms with Gasteiger partial charge in [0.25, 0.3) is 5.91 Å². The van der Waals surface area contributed by atoms with Crippen molar-refractivity contribution < 1.29 is 9.53 Å². The van der Waals surface area contributed by atoms with E-state index in [0.29, 0.717) is 13.0 Å². The predicted octanol–water partition coefficient (Wildman–Crippen LogP) is 0.941. The molecule has 0 aromatic heterocycles. The fourth-order valence-corrected chi connectivity index (χ4v) is 0.669. The average molecular weight is 183 g/mol. The van der Waals surface area contributed by atoms with Gasteiger partial charge < -0.3 is 10.1 Å². The molecule has 0 bridgehead atoms. The number of carbonyl (C=O) groups is 1. The number of ether oxygens (including phenoxy) is 1. The molecule has 3 heteroatoms. The zero-order chi connectivity index (χ0) is 10.3. The molecule has 0 spiro atoms. The highest BCUT2D eigenvalue weighted by Crippen LogP contribution is 2.06. The summed E-state index contributed by atoms with van der Waals surface area (Å²) in [6.45, 7) is 5.81. The number of amides is 1. The van der Waals surface area contributed by atoms with Crippen molar-refractivity contribution in [2.24, 2.45) is 0 Å². The minimum atomic E-state index is -0.750. The van der Waals surface area contributed by atoms with Gasteiger partial charge in [-0.1, -0.05) is 0 Å². The van der Waals surface area contributed by atoms with Gasteiger partial charge >= 0.3 is 0 Å². The van der Waals surface area contributed by atoms with Gasteiger partial charge in [-0.05, 0) is 20.8 Å². The van der Waals surface area contributed by atoms with Gasteiger partial charge in [-0.15, -0.1) is 11.8 Å². The molecule has 74 valence electrons. The summed E-state index contributed by atoms with van der Waals surface area (Å²) in [5.74, 6) is 5.53. The zero-order valence-corrected chi connectivity index (χ0v) is 8.73. The first-order valence-corrected chi connectivity index (χ1v) is 4.27. The van der Waals surface area contributed by atoms with Gasteiger partial charge in [0.1, 0.15) is 5.60 Å². The van der Waals surface area contributed by atoms with Crippen molar-refractivity contribution in [3.63, 3.8) is 0 Å². The van der Waals surface area contributed by atoms with Crippen molar-refractivity contribution in [3.8, 4) is 11.8 Å². The Morgan fingerprint density at radius 2 is 2.15 bits per heavy atom. The lowest BCUT2D eigenvalue weighted by molar-refractivity contribution is -0.139. The topological polar surface area (TPSA) is 38.3 Å². The number of hydrogen-bond acceptors (Lipinski definition) is 2. The summed E-state index contributed by atoms with van der Waals surface area (Å²) >= 11 is 0. The first kappa shape index (κ1) is 12.0. The van der Waals surface area contributed by atoms with Crippen LogP contribution in [0.3, 0.4) is 0 Å². The smallest absolute Gasteiger partial charge is 0.251 e. The summed E-state index contributed by atoms with van der Waals surface area (Å²) in [6.07, 6.45) is 0.683. The summed E-state index contributed by atoms with van der Waals surface area (Å²) in [5, 5.41) is 2.74. The van der Waals surface area contributed by atoms with Crippen molar-refractivity contribution in [2.45, 2.75) is 32.8 Å². The number of carbonyl (C=O) groups excluding carboxylic acids is 1. The first-order valence-electron chi connectivity index (χ1n) is 4.27. The normalized spacial score (nSPS) is 10.2. The average Bonchev–Trinajstić information content (AvgIpc) is 2.12. The van der Waals surface area contributed by atoms with E-state index in [2.05, 4.69) is 17.2 Å². The molecule has 3 nitrogen and oxygen atoms in total. The Labute approximate surface area is 79.8 Å². The molecule has 0 heterocycles. The summed E-state index contributed by atoms with van der Waals surface area (Å²) in [4.78, 5) is 11.4. The molecule has 0 atom stereocenters. The van der Waals surface area contributed by atoms with Crippen molar-refractivity contribution in [1.29, 1.82) is 0 Å². The molecule has 0 aliphatic carbocycles. The fourth-order valence-electron chi connectivity index (χ4n) is 0.669. The Hall–Kier alpha value is -1.01. The van der Waals surface area contributed by atoms with Crippen molar-refractivity contribution in [2.75, 3.05) is 13.7 Å². The number of hydrogen-bond donors (Lipinski definition) is 1. The Balaban J connectivity index is 3.79. The van der Waals surface area contributed by atoms with Crippen LogP contribution in [0.5, 0.6) is 0 Å². The molecule has 1 N–H and O–H groups in total. The number of nitrogens with one attached hydrogen (secondary N) is 1. The third kappa shape index (κ3) is 4.54. The maximum absolute atomic E-state index is 11.4. The van der Waals surface area contributed by atoms with E-state index in [1.165, 1.54) is 7.11 Å². The van der Waals surface area contributed by atoms with Crippen molar-refractivity contribution in [1.82, 2.24) is 5.32 Å². The standard InChI is InChI=1S/C10H17NO2/c1-5-6-7-8-11-9(12)10(2,3)13-4/h7-8H2,1-4H3,(H,11,12). The van der Waals surface area contributed by atoms with Crippen LogP contribution in [0, 0.1) is 11.8 Å². The molecule has 0 radical (unpaired) electrons. The highest BCUT2D eigenvalue weighted by Gasteiger charge is 2.25. The highest BCUT2D eigenvalue weighted by atomic mass is 16.5. The highest BCUT2D eigenvalue weighted by molar-refractivity contribution is 5.84. The predicted molar refractivity (Wildman–Crippen MR) is 52.2 cm³/mol. The van der Waals surface area contributed by atoms with Gasteiger partial charge in [0.2, 0.25) is 0 Å². The molecule has 0 saturated carbocycles. The van der Waals surface area contributed by atoms with E-state index in [0.717, 1.165) is 0 Å². The number of methoxy groups -OCH3 is 1. The van der Waals surface area contributed by atoms with E-state index in [-0.39, 0.29) is 5.91 Å². The summed E-state index contributed by atoms with van der Waals surface area (Å²) in [7, 11) is 1.52. The fraction of sp³-hybridized carbons (Fsp3) is 0.700. The Morgan fingerprint density at radius 1 is 1.54 bits per heavy atom. The van der Waals surface area contributed by atoms with Crippen LogP contribution in [0.25, 0.3) is 0 Å². The van der Waals surface area contributed by atoms with Gasteiger partial charge in [-0.3, -0.25) is 4.79 Å². The Kier molecular flexibility index (Phi) is 5.17. The molecule has 13 heavy (non-hydrogen) atoms. The van der Waals surface area contributed by atoms with Gasteiger partial charge in [0.15, 0.2) is 0 Å². The Morgan fingerprint density at radius 3 is 2.62 bits per heavy atom. The molecule has 0 saturated heterocycles. The summed E-state index contributed by atoms with van der Waals surface area (Å²) < 4.78 is 5.01. The van der Waals surface area contributed by atoms with Crippen LogP contribution in [-0.4, -0.2) is 25.2 Å². The quantitative estimate of drug-likeness (QED) is 0.520. The Bertz CT molecular complexity index is 223. The second-order valence-electron chi connectivity index (χ2n) is 3.15. The van der Waals surface area contributed by atoms with Crippen LogP contribution in [0.4, 0.5) is 0 Å². The van der Waals surface area contributed by atoms with Gasteiger partial charge in [0.05, 0.1) is 0 Å². The lowest BCUT2D eigenvalue weighted by Gasteiger charge is -2.21. The van der Waals surface area contributed by atoms with Crippen LogP contribution in [0.2, 0.25) is 0 Å². The van der Waals surface area contributed by atoms with Gasteiger partial charge in [0, 0.05) is 20.1 Å². The second kappa shape index (κ2) is 5.60. The van der Waals surface area contributed by atoms with Crippen LogP contribution in [0.1, 0.15) is 27.2 Å². The zero-order valence-electron chi connectivity index (χ0n) is 8.73. The molecular formula is C10H17NO2. The van der Waals surface area contributed by atoms with Crippen molar-refractivity contribution >= 4 is 5.91 Å². The molecule has 0 aliphatic rings. The molecule has 0 fully saturated rings. The first-order chi connectivity index (χ1) is 6.04. The minimum absolute atomic E-state index is 0.104. The van der Waals surface area contributed by atoms with E-state index in [1.807, 2.05) is 0 Å². The van der Waals surface area contributed by atoms with E-state index < -0.39 is 5.60 Å². The number of rotatable bonds is 4. The molecule has 1 amide bonds.